The van der Waals surface area contributed by atoms with Crippen molar-refractivity contribution in [3.05, 3.63) is 41.5 Å². The number of hydrogen-bond donors (Lipinski definition) is 2. The molecule has 24 heavy (non-hydrogen) atoms. The molecular weight excluding hydrogens is 300 g/mol. The van der Waals surface area contributed by atoms with E-state index < -0.39 is 0 Å². The second-order valence-corrected chi connectivity index (χ2v) is 7.17. The maximum absolute atomic E-state index is 12.0. The Kier molecular flexibility index (Phi) is 5.34. The molecule has 0 bridgehead atoms. The summed E-state index contributed by atoms with van der Waals surface area (Å²) in [5.74, 6) is 0.728. The highest BCUT2D eigenvalue weighted by atomic mass is 16.2. The summed E-state index contributed by atoms with van der Waals surface area (Å²) in [7, 11) is 0. The van der Waals surface area contributed by atoms with Crippen molar-refractivity contribution < 1.29 is 9.59 Å². The predicted molar refractivity (Wildman–Crippen MR) is 95.5 cm³/mol. The van der Waals surface area contributed by atoms with Crippen LogP contribution < -0.4 is 10.6 Å². The van der Waals surface area contributed by atoms with Crippen LogP contribution in [0.2, 0.25) is 0 Å². The number of rotatable bonds is 5. The summed E-state index contributed by atoms with van der Waals surface area (Å²) >= 11 is 0. The van der Waals surface area contributed by atoms with Gasteiger partial charge in [-0.05, 0) is 68.2 Å². The van der Waals surface area contributed by atoms with E-state index in [4.69, 9.17) is 0 Å². The highest BCUT2D eigenvalue weighted by Gasteiger charge is 2.23. The summed E-state index contributed by atoms with van der Waals surface area (Å²) in [6.45, 7) is 2.27. The Morgan fingerprint density at radius 3 is 2.12 bits per heavy atom. The van der Waals surface area contributed by atoms with Crippen molar-refractivity contribution in [2.75, 3.05) is 0 Å². The molecule has 2 aliphatic rings. The van der Waals surface area contributed by atoms with Gasteiger partial charge in [0, 0.05) is 23.7 Å². The zero-order valence-electron chi connectivity index (χ0n) is 14.3. The van der Waals surface area contributed by atoms with E-state index in [-0.39, 0.29) is 11.8 Å². The molecule has 0 saturated heterocycles. The van der Waals surface area contributed by atoms with E-state index in [9.17, 15) is 9.59 Å². The second kappa shape index (κ2) is 7.65. The minimum Gasteiger partial charge on any atom is -0.350 e. The lowest BCUT2D eigenvalue weighted by Gasteiger charge is -2.26. The van der Waals surface area contributed by atoms with Crippen LogP contribution in [0.25, 0.3) is 6.08 Å². The van der Waals surface area contributed by atoms with Gasteiger partial charge >= 0.3 is 0 Å². The molecule has 2 saturated carbocycles. The summed E-state index contributed by atoms with van der Waals surface area (Å²) in [5.41, 5.74) is 1.59. The van der Waals surface area contributed by atoms with Crippen molar-refractivity contribution in [2.24, 2.45) is 5.92 Å². The van der Waals surface area contributed by atoms with Gasteiger partial charge in [0.1, 0.15) is 0 Å². The molecule has 2 amide bonds. The first-order chi connectivity index (χ1) is 11.6. The van der Waals surface area contributed by atoms with Gasteiger partial charge in [-0.15, -0.1) is 0 Å². The molecule has 0 unspecified atom stereocenters. The number of carbonyl (C=O) groups is 2. The fourth-order valence-electron chi connectivity index (χ4n) is 3.07. The number of amides is 2. The first kappa shape index (κ1) is 16.7. The summed E-state index contributed by atoms with van der Waals surface area (Å²) < 4.78 is 0. The number of nitrogens with one attached hydrogen (secondary N) is 2. The molecule has 1 aromatic rings. The standard InChI is InChI=1S/C20H26N2O2/c1-14-2-9-17(10-3-14)21-19(23)13-6-15-4-7-16(8-5-15)20(24)22-18-11-12-18/h4-8,13-14,17-18H,2-3,9-12H2,1H3,(H,21,23)(H,22,24)/b13-6+. The Morgan fingerprint density at radius 2 is 1.50 bits per heavy atom. The predicted octanol–water partition coefficient (Wildman–Crippen LogP) is 3.29. The first-order valence-electron chi connectivity index (χ1n) is 8.99. The molecule has 0 spiro atoms. The average Bonchev–Trinajstić information content (AvgIpc) is 3.39. The molecule has 4 heteroatoms. The molecular formula is C20H26N2O2. The van der Waals surface area contributed by atoms with Crippen LogP contribution in [0.1, 0.15) is 61.4 Å². The third-order valence-corrected chi connectivity index (χ3v) is 4.87. The van der Waals surface area contributed by atoms with Gasteiger partial charge in [-0.1, -0.05) is 19.1 Å². The van der Waals surface area contributed by atoms with Crippen LogP contribution in [0.3, 0.4) is 0 Å². The van der Waals surface area contributed by atoms with Gasteiger partial charge in [-0.3, -0.25) is 9.59 Å². The second-order valence-electron chi connectivity index (χ2n) is 7.17. The van der Waals surface area contributed by atoms with E-state index in [0.717, 1.165) is 37.2 Å². The Hall–Kier alpha value is -2.10. The maximum atomic E-state index is 12.0. The van der Waals surface area contributed by atoms with Gasteiger partial charge in [0.15, 0.2) is 0 Å². The molecule has 2 N–H and O–H groups in total. The highest BCUT2D eigenvalue weighted by molar-refractivity contribution is 5.95. The quantitative estimate of drug-likeness (QED) is 0.816. The fraction of sp³-hybridized carbons (Fsp3) is 0.500. The van der Waals surface area contributed by atoms with Gasteiger partial charge < -0.3 is 10.6 Å². The molecule has 0 radical (unpaired) electrons. The topological polar surface area (TPSA) is 58.2 Å². The van der Waals surface area contributed by atoms with Crippen molar-refractivity contribution in [1.82, 2.24) is 10.6 Å². The monoisotopic (exact) mass is 326 g/mol. The Balaban J connectivity index is 1.48. The molecule has 0 atom stereocenters. The molecule has 0 aliphatic heterocycles. The first-order valence-corrected chi connectivity index (χ1v) is 8.99. The summed E-state index contributed by atoms with van der Waals surface area (Å²) in [5, 5.41) is 6.05. The third-order valence-electron chi connectivity index (χ3n) is 4.87. The van der Waals surface area contributed by atoms with Gasteiger partial charge in [0.25, 0.3) is 5.91 Å². The Labute approximate surface area is 143 Å². The van der Waals surface area contributed by atoms with Crippen LogP contribution in [-0.2, 0) is 4.79 Å². The molecule has 1 aromatic carbocycles. The largest absolute Gasteiger partial charge is 0.350 e. The fourth-order valence-corrected chi connectivity index (χ4v) is 3.07. The maximum Gasteiger partial charge on any atom is 0.251 e. The number of hydrogen-bond acceptors (Lipinski definition) is 2. The Morgan fingerprint density at radius 1 is 0.917 bits per heavy atom. The molecule has 3 rings (SSSR count). The van der Waals surface area contributed by atoms with E-state index in [1.54, 1.807) is 24.3 Å². The lowest BCUT2D eigenvalue weighted by Crippen LogP contribution is -2.36. The van der Waals surface area contributed by atoms with Crippen molar-refractivity contribution in [3.63, 3.8) is 0 Å². The van der Waals surface area contributed by atoms with Crippen LogP contribution in [0.15, 0.2) is 30.3 Å². The van der Waals surface area contributed by atoms with Crippen LogP contribution in [-0.4, -0.2) is 23.9 Å². The zero-order chi connectivity index (χ0) is 16.9. The van der Waals surface area contributed by atoms with Crippen LogP contribution in [0, 0.1) is 5.92 Å². The Bertz CT molecular complexity index is 609. The van der Waals surface area contributed by atoms with Crippen LogP contribution >= 0.6 is 0 Å². The average molecular weight is 326 g/mol. The molecule has 2 aliphatic carbocycles. The zero-order valence-corrected chi connectivity index (χ0v) is 14.3. The lowest BCUT2D eigenvalue weighted by atomic mass is 9.87. The minimum atomic E-state index is -0.0369. The number of benzene rings is 1. The van der Waals surface area contributed by atoms with Gasteiger partial charge in [-0.25, -0.2) is 0 Å². The SMILES string of the molecule is CC1CCC(NC(=O)/C=C/c2ccc(C(=O)NC3CC3)cc2)CC1. The minimum absolute atomic E-state index is 0.0164. The molecule has 4 nitrogen and oxygen atoms in total. The van der Waals surface area contributed by atoms with E-state index in [1.165, 1.54) is 12.8 Å². The van der Waals surface area contributed by atoms with Crippen molar-refractivity contribution in [3.8, 4) is 0 Å². The molecule has 0 heterocycles. The lowest BCUT2D eigenvalue weighted by molar-refractivity contribution is -0.117. The van der Waals surface area contributed by atoms with Crippen LogP contribution in [0.4, 0.5) is 0 Å². The van der Waals surface area contributed by atoms with Crippen molar-refractivity contribution >= 4 is 17.9 Å². The summed E-state index contributed by atoms with van der Waals surface area (Å²) in [6, 6.07) is 8.02. The summed E-state index contributed by atoms with van der Waals surface area (Å²) in [6.07, 6.45) is 10.1. The van der Waals surface area contributed by atoms with Gasteiger partial charge in [0.2, 0.25) is 5.91 Å². The van der Waals surface area contributed by atoms with Gasteiger partial charge in [-0.2, -0.15) is 0 Å². The van der Waals surface area contributed by atoms with E-state index in [2.05, 4.69) is 17.6 Å². The molecule has 0 aromatic heterocycles. The molecule has 2 fully saturated rings. The van der Waals surface area contributed by atoms with E-state index in [1.807, 2.05) is 12.1 Å². The van der Waals surface area contributed by atoms with E-state index >= 15 is 0 Å². The third kappa shape index (κ3) is 4.95. The smallest absolute Gasteiger partial charge is 0.251 e. The number of carbonyl (C=O) groups excluding carboxylic acids is 2. The van der Waals surface area contributed by atoms with Crippen LogP contribution in [0.5, 0.6) is 0 Å². The van der Waals surface area contributed by atoms with E-state index in [0.29, 0.717) is 17.6 Å². The molecule has 128 valence electrons. The summed E-state index contributed by atoms with van der Waals surface area (Å²) in [4.78, 5) is 23.9. The van der Waals surface area contributed by atoms with Crippen molar-refractivity contribution in [2.45, 2.75) is 57.5 Å². The van der Waals surface area contributed by atoms with Gasteiger partial charge in [0.05, 0.1) is 0 Å². The highest BCUT2D eigenvalue weighted by Crippen LogP contribution is 2.23. The normalized spacial score (nSPS) is 23.9. The van der Waals surface area contributed by atoms with Crippen molar-refractivity contribution in [1.29, 1.82) is 0 Å².